The molecule has 16 heteroatoms. The van der Waals surface area contributed by atoms with Crippen molar-refractivity contribution in [3.63, 3.8) is 0 Å². The Hall–Kier alpha value is -5.42. The van der Waals surface area contributed by atoms with E-state index in [1.807, 2.05) is 13.8 Å². The number of anilines is 4. The van der Waals surface area contributed by atoms with Gasteiger partial charge in [-0.3, -0.25) is 29.7 Å². The second-order valence-corrected chi connectivity index (χ2v) is 16.1. The van der Waals surface area contributed by atoms with Crippen molar-refractivity contribution >= 4 is 76.2 Å². The van der Waals surface area contributed by atoms with Crippen molar-refractivity contribution in [1.82, 2.24) is 9.97 Å². The summed E-state index contributed by atoms with van der Waals surface area (Å²) in [5, 5.41) is 9.55. The number of thiazole rings is 2. The highest BCUT2D eigenvalue weighted by molar-refractivity contribution is 7.93. The van der Waals surface area contributed by atoms with Crippen LogP contribution in [0.4, 0.5) is 21.6 Å². The molecule has 0 saturated carbocycles. The van der Waals surface area contributed by atoms with E-state index < -0.39 is 31.9 Å². The van der Waals surface area contributed by atoms with Crippen LogP contribution in [0.2, 0.25) is 0 Å². The van der Waals surface area contributed by atoms with Gasteiger partial charge in [0.25, 0.3) is 31.9 Å². The lowest BCUT2D eigenvalue weighted by molar-refractivity contribution is 0.101. The van der Waals surface area contributed by atoms with E-state index in [1.54, 1.807) is 35.0 Å². The third kappa shape index (κ3) is 8.23. The van der Waals surface area contributed by atoms with Gasteiger partial charge in [-0.2, -0.15) is 0 Å². The average molecular weight is 745 g/mol. The molecule has 4 aromatic carbocycles. The van der Waals surface area contributed by atoms with Gasteiger partial charge in [0, 0.05) is 33.3 Å². The molecule has 0 atom stereocenters. The number of nitrogens with one attached hydrogen (secondary N) is 4. The molecule has 2 amide bonds. The average Bonchev–Trinajstić information content (AvgIpc) is 3.75. The number of carbonyl (C=O) groups is 2. The molecule has 4 N–H and O–H groups in total. The Kier molecular flexibility index (Phi) is 9.79. The van der Waals surface area contributed by atoms with Crippen molar-refractivity contribution < 1.29 is 26.4 Å². The first-order valence-corrected chi connectivity index (χ1v) is 19.5. The maximum atomic E-state index is 12.9. The van der Waals surface area contributed by atoms with Gasteiger partial charge in [0.05, 0.1) is 9.79 Å². The van der Waals surface area contributed by atoms with Gasteiger partial charge in [-0.15, -0.1) is 22.7 Å². The lowest BCUT2D eigenvalue weighted by Gasteiger charge is -2.09. The Bertz CT molecular complexity index is 2220. The van der Waals surface area contributed by atoms with Crippen LogP contribution in [0.25, 0.3) is 11.4 Å². The summed E-state index contributed by atoms with van der Waals surface area (Å²) >= 11 is 2.39. The predicted octanol–water partition coefficient (Wildman–Crippen LogP) is 6.99. The van der Waals surface area contributed by atoms with Gasteiger partial charge in [0.1, 0.15) is 11.4 Å². The highest BCUT2D eigenvalue weighted by Crippen LogP contribution is 2.29. The number of sulfonamides is 2. The van der Waals surface area contributed by atoms with Gasteiger partial charge in [-0.25, -0.2) is 26.8 Å². The molecule has 0 spiro atoms. The van der Waals surface area contributed by atoms with E-state index in [1.165, 1.54) is 95.5 Å². The van der Waals surface area contributed by atoms with Gasteiger partial charge in [0.15, 0.2) is 10.3 Å². The van der Waals surface area contributed by atoms with Crippen LogP contribution in [0.1, 0.15) is 31.8 Å². The molecule has 0 fully saturated rings. The zero-order chi connectivity index (χ0) is 35.5. The van der Waals surface area contributed by atoms with Crippen LogP contribution in [-0.4, -0.2) is 38.6 Å². The van der Waals surface area contributed by atoms with Crippen LogP contribution >= 0.6 is 22.7 Å². The number of amides is 2. The van der Waals surface area contributed by atoms with Crippen molar-refractivity contribution in [3.05, 3.63) is 130 Å². The number of hydrogen-bond acceptors (Lipinski definition) is 10. The monoisotopic (exact) mass is 744 g/mol. The van der Waals surface area contributed by atoms with E-state index in [-0.39, 0.29) is 9.79 Å². The SMILES string of the molecule is Cc1ccc(S(=O)(=O)Nc2ccc(C(=O)Nc3nc(-c4csc(NC(=O)c5ccc(NS(=O)(=O)c6ccc(C)cc6)cc5)n4)cs3)cc2)cc1. The molecule has 6 rings (SSSR count). The summed E-state index contributed by atoms with van der Waals surface area (Å²) in [7, 11) is -7.56. The number of hydrogen-bond donors (Lipinski definition) is 4. The summed E-state index contributed by atoms with van der Waals surface area (Å²) in [6, 6.07) is 25.0. The fourth-order valence-corrected chi connectivity index (χ4v) is 7.99. The molecule has 2 aromatic heterocycles. The molecular weight excluding hydrogens is 717 g/mol. The minimum absolute atomic E-state index is 0.133. The first kappa shape index (κ1) is 34.4. The summed E-state index contributed by atoms with van der Waals surface area (Å²) in [4.78, 5) is 34.9. The van der Waals surface area contributed by atoms with Crippen LogP contribution < -0.4 is 20.1 Å². The number of rotatable bonds is 11. The van der Waals surface area contributed by atoms with Crippen LogP contribution in [0.15, 0.2) is 118 Å². The summed E-state index contributed by atoms with van der Waals surface area (Å²) in [5.74, 6) is -0.863. The molecule has 254 valence electrons. The van der Waals surface area contributed by atoms with Crippen LogP contribution in [-0.2, 0) is 20.0 Å². The molecule has 0 saturated heterocycles. The Morgan fingerprint density at radius 2 is 0.860 bits per heavy atom. The van der Waals surface area contributed by atoms with Gasteiger partial charge >= 0.3 is 0 Å². The molecule has 0 bridgehead atoms. The van der Waals surface area contributed by atoms with Gasteiger partial charge in [-0.1, -0.05) is 35.4 Å². The van der Waals surface area contributed by atoms with E-state index in [9.17, 15) is 26.4 Å². The Morgan fingerprint density at radius 3 is 1.20 bits per heavy atom. The van der Waals surface area contributed by atoms with E-state index in [2.05, 4.69) is 30.0 Å². The van der Waals surface area contributed by atoms with E-state index in [4.69, 9.17) is 0 Å². The number of benzene rings is 4. The fourth-order valence-electron chi connectivity index (χ4n) is 4.48. The molecule has 0 aliphatic heterocycles. The second-order valence-electron chi connectivity index (χ2n) is 11.0. The van der Waals surface area contributed by atoms with Gasteiger partial charge in [-0.05, 0) is 86.6 Å². The lowest BCUT2D eigenvalue weighted by Crippen LogP contribution is -2.14. The molecule has 12 nitrogen and oxygen atoms in total. The zero-order valence-electron chi connectivity index (χ0n) is 26.4. The van der Waals surface area contributed by atoms with E-state index in [0.29, 0.717) is 44.2 Å². The maximum absolute atomic E-state index is 12.9. The van der Waals surface area contributed by atoms with Crippen LogP contribution in [0.3, 0.4) is 0 Å². The number of aromatic nitrogens is 2. The molecule has 6 aromatic rings. The predicted molar refractivity (Wildman–Crippen MR) is 196 cm³/mol. The van der Waals surface area contributed by atoms with E-state index in [0.717, 1.165) is 11.1 Å². The smallest absolute Gasteiger partial charge is 0.261 e. The lowest BCUT2D eigenvalue weighted by atomic mass is 10.2. The Morgan fingerprint density at radius 1 is 0.520 bits per heavy atom. The number of carbonyl (C=O) groups excluding carboxylic acids is 2. The first-order valence-electron chi connectivity index (χ1n) is 14.8. The quantitative estimate of drug-likeness (QED) is 0.110. The molecule has 0 unspecified atom stereocenters. The normalized spacial score (nSPS) is 11.5. The summed E-state index contributed by atoms with van der Waals surface area (Å²) in [6.07, 6.45) is 0. The van der Waals surface area contributed by atoms with Crippen molar-refractivity contribution in [1.29, 1.82) is 0 Å². The van der Waals surface area contributed by atoms with Crippen molar-refractivity contribution in [2.24, 2.45) is 0 Å². The van der Waals surface area contributed by atoms with Crippen molar-refractivity contribution in [2.45, 2.75) is 23.6 Å². The molecule has 0 aliphatic rings. The van der Waals surface area contributed by atoms with Crippen molar-refractivity contribution in [3.8, 4) is 11.4 Å². The summed E-state index contributed by atoms with van der Waals surface area (Å²) < 4.78 is 55.7. The summed E-state index contributed by atoms with van der Waals surface area (Å²) in [5.41, 5.74) is 4.09. The molecule has 50 heavy (non-hydrogen) atoms. The number of aryl methyl sites for hydroxylation is 2. The third-order valence-corrected chi connectivity index (χ3v) is 11.5. The molecule has 2 heterocycles. The maximum Gasteiger partial charge on any atom is 0.261 e. The molecule has 0 aliphatic carbocycles. The summed E-state index contributed by atoms with van der Waals surface area (Å²) in [6.45, 7) is 3.74. The largest absolute Gasteiger partial charge is 0.298 e. The molecular formula is C34H28N6O6S4. The minimum atomic E-state index is -3.78. The Balaban J connectivity index is 1.03. The minimum Gasteiger partial charge on any atom is -0.298 e. The van der Waals surface area contributed by atoms with Crippen molar-refractivity contribution in [2.75, 3.05) is 20.1 Å². The topological polar surface area (TPSA) is 176 Å². The van der Waals surface area contributed by atoms with E-state index >= 15 is 0 Å². The Labute approximate surface area is 296 Å². The van der Waals surface area contributed by atoms with Gasteiger partial charge in [0.2, 0.25) is 0 Å². The standard InChI is InChI=1S/C34H28N6O6S4/c1-21-3-15-27(16-4-21)49(43,44)39-25-11-7-23(8-12-25)31(41)37-33-35-29(19-47-33)30-20-48-34(36-30)38-32(42)24-9-13-26(14-10-24)40-50(45,46)28-17-5-22(2)6-18-28/h3-20,39-40H,1-2H3,(H,35,37,41)(H,36,38,42). The van der Waals surface area contributed by atoms with Gasteiger partial charge < -0.3 is 0 Å². The first-order chi connectivity index (χ1) is 23.8. The fraction of sp³-hybridized carbons (Fsp3) is 0.0588. The highest BCUT2D eigenvalue weighted by atomic mass is 32.2. The zero-order valence-corrected chi connectivity index (χ0v) is 29.6. The highest BCUT2D eigenvalue weighted by Gasteiger charge is 2.17. The molecule has 0 radical (unpaired) electrons. The van der Waals surface area contributed by atoms with Crippen LogP contribution in [0.5, 0.6) is 0 Å². The second kappa shape index (κ2) is 14.2. The third-order valence-electron chi connectivity index (χ3n) is 7.17. The van der Waals surface area contributed by atoms with Crippen LogP contribution in [0, 0.1) is 13.8 Å². The number of nitrogens with zero attached hydrogens (tertiary/aromatic N) is 2.